The summed E-state index contributed by atoms with van der Waals surface area (Å²) in [6, 6.07) is 0. The number of fused-ring (bicyclic) bond motifs is 1. The minimum Gasteiger partial charge on any atom is -0.462 e. The lowest BCUT2D eigenvalue weighted by atomic mass is 9.54. The van der Waals surface area contributed by atoms with Crippen LogP contribution < -0.4 is 0 Å². The molecule has 2 aliphatic rings. The lowest BCUT2D eigenvalue weighted by Crippen LogP contribution is -2.52. The first-order chi connectivity index (χ1) is 9.84. The van der Waals surface area contributed by atoms with E-state index in [1.807, 2.05) is 0 Å². The van der Waals surface area contributed by atoms with Crippen LogP contribution in [0.1, 0.15) is 65.7 Å². The molecule has 21 heavy (non-hydrogen) atoms. The van der Waals surface area contributed by atoms with E-state index in [1.54, 1.807) is 6.92 Å². The highest BCUT2D eigenvalue weighted by molar-refractivity contribution is 5.83. The molecule has 2 rings (SSSR count). The lowest BCUT2D eigenvalue weighted by molar-refractivity contribution is -0.168. The first kappa shape index (κ1) is 16.2. The molecule has 4 nitrogen and oxygen atoms in total. The van der Waals surface area contributed by atoms with Gasteiger partial charge in [0.05, 0.1) is 0 Å². The normalized spacial score (nSPS) is 36.0. The quantitative estimate of drug-likeness (QED) is 0.748. The van der Waals surface area contributed by atoms with E-state index >= 15 is 0 Å². The maximum atomic E-state index is 12.3. The average molecular weight is 294 g/mol. The summed E-state index contributed by atoms with van der Waals surface area (Å²) in [5.74, 6) is 0.408. The fourth-order valence-corrected chi connectivity index (χ4v) is 4.35. The number of carbonyl (C=O) groups excluding carboxylic acids is 3. The second kappa shape index (κ2) is 6.29. The van der Waals surface area contributed by atoms with E-state index in [1.165, 1.54) is 6.92 Å². The maximum Gasteiger partial charge on any atom is 0.302 e. The number of Topliss-reactive ketones (excluding diaryl/α,β-unsaturated/α-hetero) is 2. The van der Waals surface area contributed by atoms with E-state index in [2.05, 4.69) is 6.92 Å². The summed E-state index contributed by atoms with van der Waals surface area (Å²) < 4.78 is 5.56. The molecule has 0 aromatic carbocycles. The zero-order valence-electron chi connectivity index (χ0n) is 13.3. The lowest BCUT2D eigenvalue weighted by Gasteiger charge is -2.52. The summed E-state index contributed by atoms with van der Waals surface area (Å²) in [6.07, 6.45) is 5.27. The van der Waals surface area contributed by atoms with Crippen molar-refractivity contribution in [2.75, 3.05) is 0 Å². The smallest absolute Gasteiger partial charge is 0.302 e. The van der Waals surface area contributed by atoms with Crippen molar-refractivity contribution >= 4 is 17.5 Å². The molecule has 0 spiro atoms. The molecule has 0 amide bonds. The highest BCUT2D eigenvalue weighted by atomic mass is 16.5. The van der Waals surface area contributed by atoms with Gasteiger partial charge in [0.2, 0.25) is 0 Å². The van der Waals surface area contributed by atoms with Gasteiger partial charge < -0.3 is 9.53 Å². The molecule has 118 valence electrons. The van der Waals surface area contributed by atoms with Crippen molar-refractivity contribution in [2.24, 2.45) is 17.3 Å². The first-order valence-electron chi connectivity index (χ1n) is 8.04. The van der Waals surface area contributed by atoms with Crippen molar-refractivity contribution in [3.05, 3.63) is 0 Å². The molecule has 4 heteroatoms. The summed E-state index contributed by atoms with van der Waals surface area (Å²) in [5.41, 5.74) is -0.112. The molecule has 2 aliphatic carbocycles. The fourth-order valence-electron chi connectivity index (χ4n) is 4.35. The molecular weight excluding hydrogens is 268 g/mol. The SMILES string of the molecule is CC(=O)CCC1C(=O)CC[C@@]2(C)C1CCC[C@@H]2OC(C)=O. The Morgan fingerprint density at radius 1 is 1.29 bits per heavy atom. The Morgan fingerprint density at radius 2 is 2.00 bits per heavy atom. The first-order valence-corrected chi connectivity index (χ1v) is 8.04. The van der Waals surface area contributed by atoms with Gasteiger partial charge in [-0.2, -0.15) is 0 Å². The molecule has 0 saturated heterocycles. The summed E-state index contributed by atoms with van der Waals surface area (Å²) in [6.45, 7) is 5.20. The van der Waals surface area contributed by atoms with Crippen LogP contribution in [-0.2, 0) is 19.1 Å². The van der Waals surface area contributed by atoms with Crippen molar-refractivity contribution in [2.45, 2.75) is 71.8 Å². The molecule has 2 fully saturated rings. The van der Waals surface area contributed by atoms with Crippen LogP contribution >= 0.6 is 0 Å². The minimum absolute atomic E-state index is 0.0361. The fraction of sp³-hybridized carbons (Fsp3) is 0.824. The third-order valence-electron chi connectivity index (χ3n) is 5.49. The predicted octanol–water partition coefficient (Wildman–Crippen LogP) is 3.07. The third-order valence-corrected chi connectivity index (χ3v) is 5.49. The van der Waals surface area contributed by atoms with E-state index < -0.39 is 0 Å². The van der Waals surface area contributed by atoms with E-state index in [9.17, 15) is 14.4 Å². The van der Waals surface area contributed by atoms with Gasteiger partial charge in [0.15, 0.2) is 0 Å². The summed E-state index contributed by atoms with van der Waals surface area (Å²) >= 11 is 0. The number of esters is 1. The van der Waals surface area contributed by atoms with Crippen molar-refractivity contribution in [3.63, 3.8) is 0 Å². The van der Waals surface area contributed by atoms with E-state index in [0.717, 1.165) is 25.7 Å². The van der Waals surface area contributed by atoms with Crippen LogP contribution in [-0.4, -0.2) is 23.6 Å². The Hall–Kier alpha value is -1.19. The Balaban J connectivity index is 2.19. The number of rotatable bonds is 4. The molecule has 2 unspecified atom stereocenters. The Kier molecular flexibility index (Phi) is 4.84. The van der Waals surface area contributed by atoms with E-state index in [-0.39, 0.29) is 35.1 Å². The molecule has 2 saturated carbocycles. The summed E-state index contributed by atoms with van der Waals surface area (Å²) in [5, 5.41) is 0. The van der Waals surface area contributed by atoms with Gasteiger partial charge in [0.1, 0.15) is 17.7 Å². The maximum absolute atomic E-state index is 12.3. The molecule has 0 aliphatic heterocycles. The van der Waals surface area contributed by atoms with Crippen LogP contribution in [0, 0.1) is 17.3 Å². The Bertz CT molecular complexity index is 442. The Morgan fingerprint density at radius 3 is 2.62 bits per heavy atom. The number of carbonyl (C=O) groups is 3. The van der Waals surface area contributed by atoms with Gasteiger partial charge in [-0.15, -0.1) is 0 Å². The minimum atomic E-state index is -0.237. The second-order valence-electron chi connectivity index (χ2n) is 6.95. The molecule has 0 aromatic rings. The topological polar surface area (TPSA) is 60.4 Å². The summed E-state index contributed by atoms with van der Waals surface area (Å²) in [4.78, 5) is 34.9. The number of hydrogen-bond acceptors (Lipinski definition) is 4. The van der Waals surface area contributed by atoms with E-state index in [0.29, 0.717) is 25.0 Å². The van der Waals surface area contributed by atoms with Crippen LogP contribution in [0.2, 0.25) is 0 Å². The highest BCUT2D eigenvalue weighted by Gasteiger charge is 2.52. The molecule has 0 radical (unpaired) electrons. The van der Waals surface area contributed by atoms with Gasteiger partial charge in [-0.25, -0.2) is 0 Å². The van der Waals surface area contributed by atoms with Gasteiger partial charge in [-0.3, -0.25) is 9.59 Å². The van der Waals surface area contributed by atoms with Crippen LogP contribution in [0.3, 0.4) is 0 Å². The number of hydrogen-bond donors (Lipinski definition) is 0. The Labute approximate surface area is 126 Å². The molecule has 0 N–H and O–H groups in total. The van der Waals surface area contributed by atoms with Crippen LogP contribution in [0.25, 0.3) is 0 Å². The van der Waals surface area contributed by atoms with Gasteiger partial charge >= 0.3 is 5.97 Å². The zero-order chi connectivity index (χ0) is 15.6. The highest BCUT2D eigenvalue weighted by Crippen LogP contribution is 2.53. The van der Waals surface area contributed by atoms with E-state index in [4.69, 9.17) is 4.74 Å². The van der Waals surface area contributed by atoms with Gasteiger partial charge in [0, 0.05) is 31.1 Å². The average Bonchev–Trinajstić information content (AvgIpc) is 2.39. The molecule has 0 heterocycles. The van der Waals surface area contributed by atoms with Crippen molar-refractivity contribution in [1.29, 1.82) is 0 Å². The van der Waals surface area contributed by atoms with Crippen molar-refractivity contribution in [3.8, 4) is 0 Å². The molecule has 0 aromatic heterocycles. The van der Waals surface area contributed by atoms with Gasteiger partial charge in [0.25, 0.3) is 0 Å². The third kappa shape index (κ3) is 3.35. The van der Waals surface area contributed by atoms with Crippen molar-refractivity contribution in [1.82, 2.24) is 0 Å². The molecule has 4 atom stereocenters. The predicted molar refractivity (Wildman–Crippen MR) is 78.6 cm³/mol. The zero-order valence-corrected chi connectivity index (χ0v) is 13.3. The largest absolute Gasteiger partial charge is 0.462 e. The van der Waals surface area contributed by atoms with Crippen LogP contribution in [0.5, 0.6) is 0 Å². The van der Waals surface area contributed by atoms with Crippen LogP contribution in [0.4, 0.5) is 0 Å². The van der Waals surface area contributed by atoms with Crippen LogP contribution in [0.15, 0.2) is 0 Å². The van der Waals surface area contributed by atoms with Gasteiger partial charge in [-0.05, 0) is 44.9 Å². The molecular formula is C17H26O4. The number of ether oxygens (including phenoxy) is 1. The second-order valence-corrected chi connectivity index (χ2v) is 6.95. The van der Waals surface area contributed by atoms with Gasteiger partial charge in [-0.1, -0.05) is 6.92 Å². The number of ketones is 2. The summed E-state index contributed by atoms with van der Waals surface area (Å²) in [7, 11) is 0. The monoisotopic (exact) mass is 294 g/mol. The molecule has 0 bridgehead atoms. The standard InChI is InChI=1S/C17H26O4/c1-11(18)7-8-13-14-5-4-6-16(21-12(2)19)17(14,3)10-9-15(13)20/h13-14,16H,4-10H2,1-3H3/t13?,14?,16-,17-/m0/s1. The van der Waals surface area contributed by atoms with Crippen molar-refractivity contribution < 1.29 is 19.1 Å².